The summed E-state index contributed by atoms with van der Waals surface area (Å²) in [5, 5.41) is 11.0. The number of oxazole rings is 1. The smallest absolute Gasteiger partial charge is 0.508 e. The number of anilines is 1. The number of phenols is 1. The number of benzene rings is 3. The zero-order chi connectivity index (χ0) is 35.5. The van der Waals surface area contributed by atoms with Crippen LogP contribution in [-0.4, -0.2) is 61.8 Å². The van der Waals surface area contributed by atoms with E-state index in [2.05, 4.69) is 9.72 Å². The number of carbonyl (C=O) groups is 4. The number of hydrogen-bond acceptors (Lipinski definition) is 8. The van der Waals surface area contributed by atoms with Crippen molar-refractivity contribution in [3.63, 3.8) is 0 Å². The molecule has 0 radical (unpaired) electrons. The molecule has 2 aliphatic heterocycles. The van der Waals surface area contributed by atoms with Gasteiger partial charge in [0, 0.05) is 24.1 Å². The van der Waals surface area contributed by atoms with E-state index in [4.69, 9.17) is 27.6 Å². The minimum Gasteiger partial charge on any atom is -0.508 e. The molecular formula is C35H24Cl2F3N3O7. The van der Waals surface area contributed by atoms with Crippen LogP contribution >= 0.6 is 23.2 Å². The normalized spacial score (nSPS) is 29.3. The summed E-state index contributed by atoms with van der Waals surface area (Å²) in [5.41, 5.74) is 2.16. The van der Waals surface area contributed by atoms with Crippen LogP contribution in [0.2, 0.25) is 0 Å². The molecule has 0 bridgehead atoms. The first-order chi connectivity index (χ1) is 23.6. The topological polar surface area (TPSA) is 130 Å². The van der Waals surface area contributed by atoms with Gasteiger partial charge < -0.3 is 14.3 Å². The van der Waals surface area contributed by atoms with E-state index in [9.17, 15) is 37.5 Å². The van der Waals surface area contributed by atoms with E-state index in [0.717, 1.165) is 28.0 Å². The summed E-state index contributed by atoms with van der Waals surface area (Å²) in [6.07, 6.45) is -3.81. The van der Waals surface area contributed by atoms with Crippen LogP contribution in [0.3, 0.4) is 0 Å². The molecule has 2 aliphatic carbocycles. The van der Waals surface area contributed by atoms with Gasteiger partial charge in [0.2, 0.25) is 17.7 Å². The fourth-order valence-corrected chi connectivity index (χ4v) is 9.06. The Bertz CT molecular complexity index is 2150. The lowest BCUT2D eigenvalue weighted by molar-refractivity contribution is -0.274. The summed E-state index contributed by atoms with van der Waals surface area (Å²) < 4.78 is 49.6. The van der Waals surface area contributed by atoms with Crippen LogP contribution in [0.15, 0.2) is 82.8 Å². The molecule has 1 saturated carbocycles. The van der Waals surface area contributed by atoms with Crippen molar-refractivity contribution in [2.75, 3.05) is 11.9 Å². The Morgan fingerprint density at radius 2 is 1.68 bits per heavy atom. The van der Waals surface area contributed by atoms with Crippen molar-refractivity contribution in [3.8, 4) is 23.0 Å². The summed E-state index contributed by atoms with van der Waals surface area (Å²) in [5.74, 6) is -8.19. The molecule has 15 heteroatoms. The molecule has 1 N–H and O–H groups in total. The number of nitrogens with zero attached hydrogens (tertiary/aromatic N) is 3. The number of fused-ring (bicyclic) bond motifs is 5. The predicted molar refractivity (Wildman–Crippen MR) is 172 cm³/mol. The summed E-state index contributed by atoms with van der Waals surface area (Å²) in [6, 6.07) is 16.4. The largest absolute Gasteiger partial charge is 0.573 e. The van der Waals surface area contributed by atoms with Gasteiger partial charge in [-0.05, 0) is 73.4 Å². The van der Waals surface area contributed by atoms with E-state index in [1.807, 2.05) is 12.1 Å². The third-order valence-corrected chi connectivity index (χ3v) is 11.6. The van der Waals surface area contributed by atoms with E-state index < -0.39 is 74.9 Å². The quantitative estimate of drug-likeness (QED) is 0.148. The third kappa shape index (κ3) is 4.45. The van der Waals surface area contributed by atoms with E-state index in [1.54, 1.807) is 42.5 Å². The Balaban J connectivity index is 1.19. The zero-order valence-corrected chi connectivity index (χ0v) is 27.3. The Kier molecular flexibility index (Phi) is 6.99. The van der Waals surface area contributed by atoms with Crippen molar-refractivity contribution in [1.82, 2.24) is 9.88 Å². The van der Waals surface area contributed by atoms with Crippen LogP contribution in [-0.2, 0) is 19.2 Å². The Hall–Kier alpha value is -4.88. The van der Waals surface area contributed by atoms with Gasteiger partial charge in [0.05, 0.1) is 17.5 Å². The number of imide groups is 2. The number of halogens is 5. The van der Waals surface area contributed by atoms with Crippen LogP contribution in [0, 0.1) is 17.8 Å². The number of carbonyl (C=O) groups excluding carboxylic acids is 4. The summed E-state index contributed by atoms with van der Waals surface area (Å²) in [6.45, 7) is 0. The highest BCUT2D eigenvalue weighted by molar-refractivity contribution is 6.53. The van der Waals surface area contributed by atoms with Gasteiger partial charge in [0.25, 0.3) is 11.8 Å². The number of aromatic nitrogens is 1. The molecule has 3 heterocycles. The van der Waals surface area contributed by atoms with Crippen molar-refractivity contribution in [3.05, 3.63) is 83.9 Å². The maximum Gasteiger partial charge on any atom is 0.573 e. The average Bonchev–Trinajstić information content (AvgIpc) is 3.66. The second-order valence-corrected chi connectivity index (χ2v) is 14.1. The van der Waals surface area contributed by atoms with Gasteiger partial charge in [0.1, 0.15) is 17.0 Å². The third-order valence-electron chi connectivity index (χ3n) is 10.2. The molecule has 50 heavy (non-hydrogen) atoms. The number of alkyl halides is 5. The van der Waals surface area contributed by atoms with Gasteiger partial charge in [-0.2, -0.15) is 0 Å². The highest BCUT2D eigenvalue weighted by atomic mass is 35.5. The van der Waals surface area contributed by atoms with E-state index >= 15 is 0 Å². The molecule has 6 atom stereocenters. The minimum atomic E-state index is -5.09. The van der Waals surface area contributed by atoms with Crippen LogP contribution in [0.5, 0.6) is 11.5 Å². The monoisotopic (exact) mass is 725 g/mol. The van der Waals surface area contributed by atoms with Gasteiger partial charge in [-0.15, -0.1) is 36.4 Å². The zero-order valence-electron chi connectivity index (χ0n) is 25.8. The second-order valence-electron chi connectivity index (χ2n) is 12.8. The number of amides is 4. The number of likely N-dealkylation sites (tertiary alicyclic amines) is 1. The molecule has 6 unspecified atom stereocenters. The number of rotatable bonds is 4. The molecule has 4 amide bonds. The lowest BCUT2D eigenvalue weighted by Crippen LogP contribution is -2.60. The Morgan fingerprint density at radius 1 is 0.960 bits per heavy atom. The number of para-hydroxylation sites is 2. The van der Waals surface area contributed by atoms with Crippen LogP contribution in [0.25, 0.3) is 22.6 Å². The Labute approximate surface area is 291 Å². The summed E-state index contributed by atoms with van der Waals surface area (Å²) in [7, 11) is 1.18. The first-order valence-corrected chi connectivity index (χ1v) is 16.2. The van der Waals surface area contributed by atoms with E-state index in [1.165, 1.54) is 7.05 Å². The van der Waals surface area contributed by atoms with Gasteiger partial charge >= 0.3 is 6.36 Å². The highest BCUT2D eigenvalue weighted by Crippen LogP contribution is 2.66. The molecule has 4 aliphatic rings. The molecule has 0 spiro atoms. The molecule has 8 rings (SSSR count). The van der Waals surface area contributed by atoms with Crippen LogP contribution < -0.4 is 9.64 Å². The molecule has 256 valence electrons. The molecule has 3 fully saturated rings. The maximum atomic E-state index is 14.3. The molecule has 2 saturated heterocycles. The molecular weight excluding hydrogens is 702 g/mol. The summed E-state index contributed by atoms with van der Waals surface area (Å²) >= 11 is 14.2. The maximum absolute atomic E-state index is 14.3. The van der Waals surface area contributed by atoms with Crippen LogP contribution in [0.1, 0.15) is 24.3 Å². The van der Waals surface area contributed by atoms with Gasteiger partial charge in [0.15, 0.2) is 15.3 Å². The first kappa shape index (κ1) is 32.3. The second kappa shape index (κ2) is 10.8. The lowest BCUT2D eigenvalue weighted by atomic mass is 9.56. The van der Waals surface area contributed by atoms with Gasteiger partial charge in [-0.1, -0.05) is 23.8 Å². The van der Waals surface area contributed by atoms with Crippen molar-refractivity contribution in [1.29, 1.82) is 0 Å². The van der Waals surface area contributed by atoms with Crippen molar-refractivity contribution >= 4 is 63.6 Å². The van der Waals surface area contributed by atoms with Gasteiger partial charge in [-0.25, -0.2) is 4.98 Å². The van der Waals surface area contributed by atoms with Crippen molar-refractivity contribution < 1.29 is 46.6 Å². The SMILES string of the molecule is CN1C(=O)C2(Cl)CC3C(=CCC4C(=O)N(c5ccc(-c6nc7ccccc7o6)cc5)C(=O)C43)C(c3cc(OC(F)(F)F)ccc3O)C2(Cl)C1=O. The number of aromatic hydroxyl groups is 1. The number of ether oxygens (including phenoxy) is 1. The average molecular weight is 726 g/mol. The van der Waals surface area contributed by atoms with E-state index in [-0.39, 0.29) is 24.1 Å². The molecule has 4 aromatic rings. The standard InChI is InChI=1S/C35H24Cl2F3N3O7/c1-42-31(47)33(36)15-22-19(27(34(33,37)32(42)48)21-14-18(10-13-24(21)44)50-35(38,39)40)11-12-20-26(22)30(46)43(29(20)45)17-8-6-16(7-9-17)28-41-23-4-2-3-5-25(23)49-28/h2-11,13-14,20,22,26-27,44H,12,15H2,1H3. The van der Waals surface area contributed by atoms with Crippen LogP contribution in [0.4, 0.5) is 18.9 Å². The number of hydrogen-bond donors (Lipinski definition) is 1. The highest BCUT2D eigenvalue weighted by Gasteiger charge is 2.76. The number of allylic oxidation sites excluding steroid dienone is 2. The predicted octanol–water partition coefficient (Wildman–Crippen LogP) is 6.29. The lowest BCUT2D eigenvalue weighted by Gasteiger charge is -2.50. The fraction of sp³-hybridized carbons (Fsp3) is 0.286. The molecule has 10 nitrogen and oxygen atoms in total. The van der Waals surface area contributed by atoms with Crippen molar-refractivity contribution in [2.24, 2.45) is 17.8 Å². The van der Waals surface area contributed by atoms with Crippen molar-refractivity contribution in [2.45, 2.75) is 34.9 Å². The number of phenolic OH excluding ortho intramolecular Hbond substituents is 1. The molecule has 1 aromatic heterocycles. The Morgan fingerprint density at radius 3 is 2.38 bits per heavy atom. The first-order valence-electron chi connectivity index (χ1n) is 15.5. The van der Waals surface area contributed by atoms with Gasteiger partial charge in [-0.3, -0.25) is 29.0 Å². The van der Waals surface area contributed by atoms with E-state index in [0.29, 0.717) is 28.1 Å². The fourth-order valence-electron chi connectivity index (χ4n) is 8.05. The molecule has 3 aromatic carbocycles. The summed E-state index contributed by atoms with van der Waals surface area (Å²) in [4.78, 5) is 57.4. The minimum absolute atomic E-state index is 0.00873.